The largest absolute Gasteiger partial charge is 0.396 e. The summed E-state index contributed by atoms with van der Waals surface area (Å²) in [6, 6.07) is 0. The first kappa shape index (κ1) is 10.8. The zero-order valence-corrected chi connectivity index (χ0v) is 6.34. The molecule has 0 heterocycles. The predicted octanol–water partition coefficient (Wildman–Crippen LogP) is -1.49. The molecule has 0 fully saturated rings. The molecule has 7 nitrogen and oxygen atoms in total. The highest BCUT2D eigenvalue weighted by molar-refractivity contribution is 5.66. The van der Waals surface area contributed by atoms with Crippen LogP contribution in [0.4, 0.5) is 0 Å². The lowest BCUT2D eigenvalue weighted by molar-refractivity contribution is -0.580. The van der Waals surface area contributed by atoms with Crippen LogP contribution >= 0.6 is 0 Å². The summed E-state index contributed by atoms with van der Waals surface area (Å²) in [4.78, 5) is 19.4. The normalized spacial score (nSPS) is 14.9. The van der Waals surface area contributed by atoms with Gasteiger partial charge in [-0.2, -0.15) is 0 Å². The molecule has 2 atom stereocenters. The van der Waals surface area contributed by atoms with Crippen LogP contribution in [-0.4, -0.2) is 40.0 Å². The number of hydrogen-bond acceptors (Lipinski definition) is 6. The lowest BCUT2D eigenvalue weighted by atomic mass is 10.3. The Kier molecular flexibility index (Phi) is 4.16. The van der Waals surface area contributed by atoms with Crippen LogP contribution in [0.3, 0.4) is 0 Å². The monoisotopic (exact) mass is 179 g/mol. The summed E-state index contributed by atoms with van der Waals surface area (Å²) in [6.07, 6.45) is -3.59. The van der Waals surface area contributed by atoms with Crippen LogP contribution in [0, 0.1) is 10.1 Å². The minimum atomic E-state index is -1.90. The molecule has 0 aromatic rings. The molecular formula is C5H9NO6. The van der Waals surface area contributed by atoms with E-state index in [4.69, 9.17) is 10.2 Å². The molecule has 12 heavy (non-hydrogen) atoms. The molecule has 0 aromatic heterocycles. The van der Waals surface area contributed by atoms with Gasteiger partial charge in [-0.1, -0.05) is 0 Å². The van der Waals surface area contributed by atoms with Gasteiger partial charge in [0.15, 0.2) is 6.10 Å². The number of esters is 1. The SMILES string of the molecule is CC(=O)OC(C(O)CO)[N+](=O)[O-]. The lowest BCUT2D eigenvalue weighted by Crippen LogP contribution is -2.39. The molecule has 0 saturated carbocycles. The van der Waals surface area contributed by atoms with E-state index in [1.54, 1.807) is 0 Å². The lowest BCUT2D eigenvalue weighted by Gasteiger charge is -2.12. The molecule has 0 radical (unpaired) electrons. The molecule has 0 amide bonds. The minimum absolute atomic E-state index is 0.834. The number of nitro groups is 1. The second-order valence-electron chi connectivity index (χ2n) is 2.04. The molecule has 0 spiro atoms. The van der Waals surface area contributed by atoms with Crippen LogP contribution in [0.2, 0.25) is 0 Å². The number of hydrogen-bond donors (Lipinski definition) is 2. The summed E-state index contributed by atoms with van der Waals surface area (Å²) in [6.45, 7) is 0.138. The number of carbonyl (C=O) groups is 1. The Morgan fingerprint density at radius 2 is 2.25 bits per heavy atom. The third-order valence-electron chi connectivity index (χ3n) is 1.01. The second kappa shape index (κ2) is 4.62. The van der Waals surface area contributed by atoms with Crippen LogP contribution in [0.5, 0.6) is 0 Å². The van der Waals surface area contributed by atoms with E-state index in [9.17, 15) is 14.9 Å². The van der Waals surface area contributed by atoms with E-state index >= 15 is 0 Å². The first-order valence-corrected chi connectivity index (χ1v) is 3.08. The van der Waals surface area contributed by atoms with Gasteiger partial charge >= 0.3 is 12.2 Å². The minimum Gasteiger partial charge on any atom is -0.396 e. The van der Waals surface area contributed by atoms with Crippen molar-refractivity contribution in [1.29, 1.82) is 0 Å². The van der Waals surface area contributed by atoms with E-state index in [2.05, 4.69) is 4.74 Å². The molecule has 70 valence electrons. The van der Waals surface area contributed by atoms with Crippen LogP contribution in [0.25, 0.3) is 0 Å². The maximum absolute atomic E-state index is 10.3. The second-order valence-corrected chi connectivity index (χ2v) is 2.04. The number of aliphatic hydroxyl groups excluding tert-OH is 2. The van der Waals surface area contributed by atoms with Crippen molar-refractivity contribution in [3.8, 4) is 0 Å². The molecule has 0 aliphatic carbocycles. The maximum atomic E-state index is 10.3. The van der Waals surface area contributed by atoms with Crippen molar-refractivity contribution >= 4 is 5.97 Å². The summed E-state index contributed by atoms with van der Waals surface area (Å²) in [5.74, 6) is -0.885. The maximum Gasteiger partial charge on any atom is 0.384 e. The average molecular weight is 179 g/mol. The van der Waals surface area contributed by atoms with Crippen molar-refractivity contribution in [3.63, 3.8) is 0 Å². The van der Waals surface area contributed by atoms with Gasteiger partial charge in [-0.25, -0.2) is 0 Å². The zero-order valence-electron chi connectivity index (χ0n) is 6.34. The number of nitrogens with zero attached hydrogens (tertiary/aromatic N) is 1. The summed E-state index contributed by atoms with van der Waals surface area (Å²) >= 11 is 0. The van der Waals surface area contributed by atoms with E-state index in [0.717, 1.165) is 6.92 Å². The number of rotatable bonds is 4. The highest BCUT2D eigenvalue weighted by atomic mass is 16.7. The van der Waals surface area contributed by atoms with Crippen molar-refractivity contribution in [2.45, 2.75) is 19.3 Å². The number of aliphatic hydroxyl groups is 2. The third kappa shape index (κ3) is 3.26. The van der Waals surface area contributed by atoms with Crippen molar-refractivity contribution < 1.29 is 24.7 Å². The van der Waals surface area contributed by atoms with Gasteiger partial charge in [0.25, 0.3) is 0 Å². The molecule has 2 N–H and O–H groups in total. The smallest absolute Gasteiger partial charge is 0.384 e. The third-order valence-corrected chi connectivity index (χ3v) is 1.01. The van der Waals surface area contributed by atoms with E-state index in [-0.39, 0.29) is 0 Å². The highest BCUT2D eigenvalue weighted by Gasteiger charge is 2.32. The van der Waals surface area contributed by atoms with Crippen molar-refractivity contribution in [3.05, 3.63) is 10.1 Å². The van der Waals surface area contributed by atoms with Crippen molar-refractivity contribution in [2.75, 3.05) is 6.61 Å². The van der Waals surface area contributed by atoms with Crippen LogP contribution in [0.15, 0.2) is 0 Å². The van der Waals surface area contributed by atoms with Gasteiger partial charge < -0.3 is 14.9 Å². The van der Waals surface area contributed by atoms with Crippen molar-refractivity contribution in [1.82, 2.24) is 0 Å². The first-order valence-electron chi connectivity index (χ1n) is 3.08. The fourth-order valence-electron chi connectivity index (χ4n) is 0.522. The summed E-state index contributed by atoms with van der Waals surface area (Å²) in [5.41, 5.74) is 0. The number of carbonyl (C=O) groups excluding carboxylic acids is 1. The fourth-order valence-corrected chi connectivity index (χ4v) is 0.522. The Bertz CT molecular complexity index is 181. The Morgan fingerprint density at radius 1 is 1.75 bits per heavy atom. The molecule has 0 aliphatic heterocycles. The van der Waals surface area contributed by atoms with Crippen LogP contribution in [-0.2, 0) is 9.53 Å². The van der Waals surface area contributed by atoms with Gasteiger partial charge in [-0.05, 0) is 0 Å². The van der Waals surface area contributed by atoms with Gasteiger partial charge in [0.1, 0.15) is 0 Å². The van der Waals surface area contributed by atoms with Gasteiger partial charge in [-0.15, -0.1) is 0 Å². The molecule has 0 bridgehead atoms. The van der Waals surface area contributed by atoms with E-state index in [1.807, 2.05) is 0 Å². The predicted molar refractivity (Wildman–Crippen MR) is 35.6 cm³/mol. The van der Waals surface area contributed by atoms with Crippen molar-refractivity contribution in [2.24, 2.45) is 0 Å². The van der Waals surface area contributed by atoms with Gasteiger partial charge in [0, 0.05) is 6.92 Å². The van der Waals surface area contributed by atoms with E-state index in [1.165, 1.54) is 0 Å². The first-order chi connectivity index (χ1) is 5.49. The zero-order chi connectivity index (χ0) is 9.72. The quantitative estimate of drug-likeness (QED) is 0.235. The topological polar surface area (TPSA) is 110 Å². The summed E-state index contributed by atoms with van der Waals surface area (Å²) in [7, 11) is 0. The summed E-state index contributed by atoms with van der Waals surface area (Å²) < 4.78 is 4.12. The molecule has 2 unspecified atom stereocenters. The van der Waals surface area contributed by atoms with Gasteiger partial charge in [-0.3, -0.25) is 14.9 Å². The Hall–Kier alpha value is -1.21. The average Bonchev–Trinajstić information content (AvgIpc) is 1.98. The molecule has 7 heteroatoms. The molecule has 0 aromatic carbocycles. The number of ether oxygens (including phenoxy) is 1. The Balaban J connectivity index is 4.22. The summed E-state index contributed by atoms with van der Waals surface area (Å²) in [5, 5.41) is 27.2. The fraction of sp³-hybridized carbons (Fsp3) is 0.800. The van der Waals surface area contributed by atoms with Gasteiger partial charge in [0.2, 0.25) is 0 Å². The van der Waals surface area contributed by atoms with E-state index in [0.29, 0.717) is 0 Å². The Morgan fingerprint density at radius 3 is 2.50 bits per heavy atom. The van der Waals surface area contributed by atoms with Crippen LogP contribution in [0.1, 0.15) is 6.92 Å². The van der Waals surface area contributed by atoms with E-state index < -0.39 is 29.8 Å². The van der Waals surface area contributed by atoms with Gasteiger partial charge in [0.05, 0.1) is 11.5 Å². The Labute approximate surface area is 67.7 Å². The standard InChI is InChI=1S/C5H9NO6/c1-3(8)12-5(6(10)11)4(9)2-7/h4-5,7,9H,2H2,1H3. The molecule has 0 aliphatic rings. The molecule has 0 rings (SSSR count). The molecule has 0 saturated heterocycles. The highest BCUT2D eigenvalue weighted by Crippen LogP contribution is 2.00. The molecular weight excluding hydrogens is 170 g/mol. The van der Waals surface area contributed by atoms with Crippen LogP contribution < -0.4 is 0 Å².